The summed E-state index contributed by atoms with van der Waals surface area (Å²) in [5, 5.41) is 0. The normalized spacial score (nSPS) is 19.4. The molecule has 20 heavy (non-hydrogen) atoms. The first-order chi connectivity index (χ1) is 9.38. The van der Waals surface area contributed by atoms with Crippen molar-refractivity contribution in [2.75, 3.05) is 6.61 Å². The van der Waals surface area contributed by atoms with Crippen LogP contribution in [-0.2, 0) is 9.53 Å². The van der Waals surface area contributed by atoms with E-state index < -0.39 is 6.09 Å². The number of nitrogens with zero attached hydrogens (tertiary/aromatic N) is 1. The van der Waals surface area contributed by atoms with Crippen LogP contribution in [0.15, 0.2) is 42.5 Å². The summed E-state index contributed by atoms with van der Waals surface area (Å²) >= 11 is 0. The molecule has 0 aliphatic carbocycles. The molecule has 1 aromatic rings. The Morgan fingerprint density at radius 1 is 1.30 bits per heavy atom. The van der Waals surface area contributed by atoms with Gasteiger partial charge in [0.1, 0.15) is 12.6 Å². The maximum absolute atomic E-state index is 12.2. The fourth-order valence-corrected chi connectivity index (χ4v) is 1.99. The van der Waals surface area contributed by atoms with Crippen molar-refractivity contribution in [3.05, 3.63) is 48.0 Å². The molecule has 2 rings (SSSR count). The van der Waals surface area contributed by atoms with E-state index in [0.717, 1.165) is 5.56 Å². The Morgan fingerprint density at radius 2 is 1.95 bits per heavy atom. The summed E-state index contributed by atoms with van der Waals surface area (Å²) < 4.78 is 5.02. The van der Waals surface area contributed by atoms with Crippen LogP contribution in [0.2, 0.25) is 0 Å². The van der Waals surface area contributed by atoms with Crippen LogP contribution in [-0.4, -0.2) is 23.5 Å². The Morgan fingerprint density at radius 3 is 2.55 bits per heavy atom. The maximum Gasteiger partial charge on any atom is 0.417 e. The van der Waals surface area contributed by atoms with Gasteiger partial charge in [-0.25, -0.2) is 9.69 Å². The van der Waals surface area contributed by atoms with Gasteiger partial charge in [0.25, 0.3) is 5.91 Å². The molecule has 0 saturated carbocycles. The number of hydrogen-bond acceptors (Lipinski definition) is 3. The molecule has 0 spiro atoms. The van der Waals surface area contributed by atoms with Crippen molar-refractivity contribution in [2.45, 2.75) is 26.8 Å². The van der Waals surface area contributed by atoms with E-state index in [0.29, 0.717) is 0 Å². The van der Waals surface area contributed by atoms with E-state index in [2.05, 4.69) is 0 Å². The zero-order chi connectivity index (χ0) is 14.8. The molecule has 4 nitrogen and oxygen atoms in total. The highest BCUT2D eigenvalue weighted by Gasteiger charge is 2.37. The number of imide groups is 1. The number of carbonyl (C=O) groups is 2. The smallest absolute Gasteiger partial charge is 0.417 e. The number of allylic oxidation sites excluding steroid dienone is 1. The monoisotopic (exact) mass is 273 g/mol. The molecule has 0 bridgehead atoms. The van der Waals surface area contributed by atoms with Gasteiger partial charge in [0.05, 0.1) is 0 Å². The Hall–Kier alpha value is -2.10. The minimum absolute atomic E-state index is 0.110. The summed E-state index contributed by atoms with van der Waals surface area (Å²) in [5.74, 6) is -0.337. The minimum atomic E-state index is -0.581. The molecular formula is C16H19NO3. The average molecular weight is 273 g/mol. The third kappa shape index (κ3) is 3.26. The fraction of sp³-hybridized carbons (Fsp3) is 0.375. The van der Waals surface area contributed by atoms with Crippen molar-refractivity contribution in [1.82, 2.24) is 4.90 Å². The van der Waals surface area contributed by atoms with Gasteiger partial charge in [-0.05, 0) is 11.0 Å². The van der Waals surface area contributed by atoms with Crippen LogP contribution >= 0.6 is 0 Å². The third-order valence-corrected chi connectivity index (χ3v) is 3.02. The number of carbonyl (C=O) groups excluding carboxylic acids is 2. The predicted octanol–water partition coefficient (Wildman–Crippen LogP) is 3.31. The first-order valence-corrected chi connectivity index (χ1v) is 6.62. The number of hydrogen-bond donors (Lipinski definition) is 0. The van der Waals surface area contributed by atoms with Crippen molar-refractivity contribution in [2.24, 2.45) is 5.41 Å². The van der Waals surface area contributed by atoms with Crippen molar-refractivity contribution in [3.63, 3.8) is 0 Å². The summed E-state index contributed by atoms with van der Waals surface area (Å²) in [6.07, 6.45) is 2.66. The van der Waals surface area contributed by atoms with Gasteiger partial charge in [-0.15, -0.1) is 0 Å². The van der Waals surface area contributed by atoms with Crippen molar-refractivity contribution in [1.29, 1.82) is 0 Å². The molecule has 0 radical (unpaired) electrons. The summed E-state index contributed by atoms with van der Waals surface area (Å²) in [7, 11) is 0. The first kappa shape index (κ1) is 14.3. The molecule has 0 N–H and O–H groups in total. The topological polar surface area (TPSA) is 46.6 Å². The molecular weight excluding hydrogens is 254 g/mol. The van der Waals surface area contributed by atoms with Crippen LogP contribution in [0.25, 0.3) is 0 Å². The highest BCUT2D eigenvalue weighted by Crippen LogP contribution is 2.28. The quantitative estimate of drug-likeness (QED) is 0.777. The van der Waals surface area contributed by atoms with Crippen LogP contribution in [0.5, 0.6) is 0 Å². The molecule has 106 valence electrons. The van der Waals surface area contributed by atoms with Gasteiger partial charge in [0.15, 0.2) is 0 Å². The fourth-order valence-electron chi connectivity index (χ4n) is 1.99. The number of amides is 2. The van der Waals surface area contributed by atoms with Gasteiger partial charge in [-0.1, -0.05) is 57.2 Å². The second-order valence-corrected chi connectivity index (χ2v) is 5.91. The van der Waals surface area contributed by atoms with Gasteiger partial charge in [-0.2, -0.15) is 0 Å². The van der Waals surface area contributed by atoms with Crippen LogP contribution in [0, 0.1) is 5.41 Å². The molecule has 1 aromatic carbocycles. The third-order valence-electron chi connectivity index (χ3n) is 3.02. The molecule has 1 atom stereocenters. The molecule has 0 aromatic heterocycles. The summed E-state index contributed by atoms with van der Waals surface area (Å²) in [6.45, 7) is 6.19. The predicted molar refractivity (Wildman–Crippen MR) is 76.0 cm³/mol. The molecule has 1 fully saturated rings. The van der Waals surface area contributed by atoms with Gasteiger partial charge in [0, 0.05) is 6.08 Å². The first-order valence-electron chi connectivity index (χ1n) is 6.62. The molecule has 4 heteroatoms. The van der Waals surface area contributed by atoms with Crippen LogP contribution in [0.1, 0.15) is 32.4 Å². The van der Waals surface area contributed by atoms with E-state index in [1.54, 1.807) is 6.08 Å². The molecule has 2 amide bonds. The van der Waals surface area contributed by atoms with Gasteiger partial charge < -0.3 is 4.74 Å². The molecule has 1 saturated heterocycles. The number of ether oxygens (including phenoxy) is 1. The second-order valence-electron chi connectivity index (χ2n) is 5.91. The van der Waals surface area contributed by atoms with Gasteiger partial charge in [0.2, 0.25) is 0 Å². The Bertz CT molecular complexity index is 528. The lowest BCUT2D eigenvalue weighted by atomic mass is 9.96. The van der Waals surface area contributed by atoms with E-state index >= 15 is 0 Å². The Kier molecular flexibility index (Phi) is 3.93. The average Bonchev–Trinajstić information content (AvgIpc) is 2.78. The number of benzene rings is 1. The van der Waals surface area contributed by atoms with Crippen LogP contribution < -0.4 is 0 Å². The number of cyclic esters (lactones) is 1. The molecule has 1 heterocycles. The largest absolute Gasteiger partial charge is 0.446 e. The van der Waals surface area contributed by atoms with Crippen molar-refractivity contribution in [3.8, 4) is 0 Å². The van der Waals surface area contributed by atoms with Crippen LogP contribution in [0.3, 0.4) is 0 Å². The van der Waals surface area contributed by atoms with E-state index in [1.165, 1.54) is 11.0 Å². The van der Waals surface area contributed by atoms with E-state index in [4.69, 9.17) is 4.74 Å². The van der Waals surface area contributed by atoms with Gasteiger partial charge in [-0.3, -0.25) is 4.79 Å². The lowest BCUT2D eigenvalue weighted by Gasteiger charge is -2.19. The van der Waals surface area contributed by atoms with Gasteiger partial charge >= 0.3 is 6.09 Å². The van der Waals surface area contributed by atoms with E-state index in [9.17, 15) is 9.59 Å². The highest BCUT2D eigenvalue weighted by molar-refractivity contribution is 6.00. The SMILES string of the molecule is CC(C)(C)/C=C/C(=O)N1C(=O)OCC1c1ccccc1. The van der Waals surface area contributed by atoms with Crippen molar-refractivity contribution >= 4 is 12.0 Å². The van der Waals surface area contributed by atoms with E-state index in [1.807, 2.05) is 51.1 Å². The molecule has 1 unspecified atom stereocenters. The zero-order valence-corrected chi connectivity index (χ0v) is 12.0. The highest BCUT2D eigenvalue weighted by atomic mass is 16.6. The summed E-state index contributed by atoms with van der Waals surface area (Å²) in [4.78, 5) is 25.2. The Labute approximate surface area is 119 Å². The van der Waals surface area contributed by atoms with Crippen molar-refractivity contribution < 1.29 is 14.3 Å². The van der Waals surface area contributed by atoms with E-state index in [-0.39, 0.29) is 24.0 Å². The lowest BCUT2D eigenvalue weighted by Crippen LogP contribution is -2.33. The lowest BCUT2D eigenvalue weighted by molar-refractivity contribution is -0.124. The molecule has 1 aliphatic heterocycles. The Balaban J connectivity index is 2.21. The summed E-state index contributed by atoms with van der Waals surface area (Å²) in [6, 6.07) is 9.09. The van der Waals surface area contributed by atoms with Crippen LogP contribution in [0.4, 0.5) is 4.79 Å². The minimum Gasteiger partial charge on any atom is -0.446 e. The maximum atomic E-state index is 12.2. The molecule has 1 aliphatic rings. The zero-order valence-electron chi connectivity index (χ0n) is 12.0. The standard InChI is InChI=1S/C16H19NO3/c1-16(2,3)10-9-14(18)17-13(11-20-15(17)19)12-7-5-4-6-8-12/h4-10,13H,11H2,1-3H3/b10-9+. The second kappa shape index (κ2) is 5.49. The number of rotatable bonds is 2. The summed E-state index contributed by atoms with van der Waals surface area (Å²) in [5.41, 5.74) is 0.789.